The molecule has 0 saturated heterocycles. The Morgan fingerprint density at radius 2 is 1.93 bits per heavy atom. The van der Waals surface area contributed by atoms with Gasteiger partial charge in [0.25, 0.3) is 0 Å². The Labute approximate surface area is 180 Å². The van der Waals surface area contributed by atoms with Crippen LogP contribution < -0.4 is 10.6 Å². The Morgan fingerprint density at radius 1 is 1.07 bits per heavy atom. The van der Waals surface area contributed by atoms with Gasteiger partial charge in [0.1, 0.15) is 16.1 Å². The van der Waals surface area contributed by atoms with Crippen LogP contribution in [0.15, 0.2) is 53.4 Å². The van der Waals surface area contributed by atoms with Gasteiger partial charge in [0.05, 0.1) is 30.1 Å². The predicted octanol–water partition coefficient (Wildman–Crippen LogP) is 3.54. The molecule has 0 atom stereocenters. The summed E-state index contributed by atoms with van der Waals surface area (Å²) in [5.74, 6) is 1.32. The van der Waals surface area contributed by atoms with Crippen molar-refractivity contribution in [3.8, 4) is 11.1 Å². The first-order valence-electron chi connectivity index (χ1n) is 9.53. The van der Waals surface area contributed by atoms with Crippen molar-refractivity contribution in [2.75, 3.05) is 10.6 Å². The summed E-state index contributed by atoms with van der Waals surface area (Å²) in [4.78, 5) is 11.8. The summed E-state index contributed by atoms with van der Waals surface area (Å²) in [6.07, 6.45) is 5.57. The fraction of sp³-hybridized carbons (Fsp3) is 0.143. The monoisotopic (exact) mass is 460 g/mol. The standard InChI is InChI=1S/C21H17BrN8/c1-28-17-11-29(10-14(17)8-25-28)21-18(22)19(23)30-20(27-21)15(9-26-30)13-6-12-4-2-3-5-16(12)24-7-13/h2-9H,10-11,23H2,1H3. The number of benzene rings is 1. The number of pyridine rings is 1. The third-order valence-corrected chi connectivity index (χ3v) is 6.42. The van der Waals surface area contributed by atoms with Gasteiger partial charge >= 0.3 is 0 Å². The van der Waals surface area contributed by atoms with E-state index in [2.05, 4.69) is 48.1 Å². The van der Waals surface area contributed by atoms with Crippen molar-refractivity contribution < 1.29 is 0 Å². The molecule has 5 aromatic rings. The van der Waals surface area contributed by atoms with Crippen LogP contribution in [0.2, 0.25) is 0 Å². The number of aromatic nitrogens is 6. The van der Waals surface area contributed by atoms with Crippen molar-refractivity contribution in [2.45, 2.75) is 13.1 Å². The Kier molecular flexibility index (Phi) is 3.64. The minimum atomic E-state index is 0.518. The minimum Gasteiger partial charge on any atom is -0.383 e. The second-order valence-electron chi connectivity index (χ2n) is 7.44. The molecule has 0 spiro atoms. The molecular formula is C21H17BrN8. The van der Waals surface area contributed by atoms with Crippen molar-refractivity contribution in [1.29, 1.82) is 0 Å². The van der Waals surface area contributed by atoms with E-state index in [4.69, 9.17) is 10.7 Å². The number of hydrogen-bond donors (Lipinski definition) is 1. The van der Waals surface area contributed by atoms with Gasteiger partial charge in [0.15, 0.2) is 5.65 Å². The summed E-state index contributed by atoms with van der Waals surface area (Å²) in [7, 11) is 1.96. The van der Waals surface area contributed by atoms with Crippen molar-refractivity contribution in [3.63, 3.8) is 0 Å². The molecule has 0 aliphatic carbocycles. The lowest BCUT2D eigenvalue weighted by atomic mass is 10.1. The van der Waals surface area contributed by atoms with Crippen molar-refractivity contribution in [1.82, 2.24) is 29.4 Å². The van der Waals surface area contributed by atoms with Gasteiger partial charge in [-0.3, -0.25) is 9.67 Å². The van der Waals surface area contributed by atoms with Crippen LogP contribution in [0.25, 0.3) is 27.7 Å². The molecule has 30 heavy (non-hydrogen) atoms. The van der Waals surface area contributed by atoms with E-state index in [1.807, 2.05) is 42.3 Å². The van der Waals surface area contributed by atoms with E-state index >= 15 is 0 Å². The molecule has 9 heteroatoms. The number of anilines is 2. The summed E-state index contributed by atoms with van der Waals surface area (Å²) >= 11 is 3.64. The largest absolute Gasteiger partial charge is 0.383 e. The number of rotatable bonds is 2. The van der Waals surface area contributed by atoms with Gasteiger partial charge in [-0.25, -0.2) is 4.98 Å². The molecule has 1 aromatic carbocycles. The molecule has 2 N–H and O–H groups in total. The fourth-order valence-corrected chi connectivity index (χ4v) is 4.56. The first-order chi connectivity index (χ1) is 14.6. The van der Waals surface area contributed by atoms with Gasteiger partial charge < -0.3 is 10.6 Å². The fourth-order valence-electron chi connectivity index (χ4n) is 4.05. The zero-order chi connectivity index (χ0) is 20.4. The Hall–Kier alpha value is -3.46. The summed E-state index contributed by atoms with van der Waals surface area (Å²) in [6.45, 7) is 1.47. The molecule has 0 unspecified atom stereocenters. The third kappa shape index (κ3) is 2.45. The molecule has 1 aliphatic rings. The minimum absolute atomic E-state index is 0.518. The van der Waals surface area contributed by atoms with Crippen LogP contribution in [0.4, 0.5) is 11.6 Å². The first-order valence-corrected chi connectivity index (χ1v) is 10.3. The normalized spacial score (nSPS) is 13.5. The maximum absolute atomic E-state index is 6.43. The highest BCUT2D eigenvalue weighted by molar-refractivity contribution is 9.10. The zero-order valence-electron chi connectivity index (χ0n) is 16.1. The maximum Gasteiger partial charge on any atom is 0.167 e. The third-order valence-electron chi connectivity index (χ3n) is 5.66. The number of nitrogen functional groups attached to an aromatic ring is 1. The lowest BCUT2D eigenvalue weighted by molar-refractivity contribution is 0.700. The summed E-state index contributed by atoms with van der Waals surface area (Å²) < 4.78 is 4.32. The molecule has 1 aliphatic heterocycles. The van der Waals surface area contributed by atoms with Crippen LogP contribution in [0.1, 0.15) is 11.3 Å². The van der Waals surface area contributed by atoms with E-state index in [0.29, 0.717) is 11.5 Å². The van der Waals surface area contributed by atoms with Crippen LogP contribution >= 0.6 is 15.9 Å². The Morgan fingerprint density at radius 3 is 2.80 bits per heavy atom. The summed E-state index contributed by atoms with van der Waals surface area (Å²) in [5, 5.41) is 9.90. The van der Waals surface area contributed by atoms with E-state index in [0.717, 1.165) is 45.4 Å². The van der Waals surface area contributed by atoms with E-state index in [1.54, 1.807) is 10.7 Å². The van der Waals surface area contributed by atoms with E-state index in [1.165, 1.54) is 11.3 Å². The molecule has 4 aromatic heterocycles. The molecule has 6 rings (SSSR count). The second kappa shape index (κ2) is 6.27. The number of para-hydroxylation sites is 1. The van der Waals surface area contributed by atoms with Crippen LogP contribution in [0.5, 0.6) is 0 Å². The highest BCUT2D eigenvalue weighted by Gasteiger charge is 2.27. The SMILES string of the molecule is Cn1ncc2c1CN(c1nc3c(-c4cnc5ccccc5c4)cnn3c(N)c1Br)C2. The highest BCUT2D eigenvalue weighted by atomic mass is 79.9. The topological polar surface area (TPSA) is 90.2 Å². The molecule has 8 nitrogen and oxygen atoms in total. The number of nitrogens with two attached hydrogens (primary N) is 1. The molecule has 0 fully saturated rings. The number of aryl methyl sites for hydroxylation is 1. The van der Waals surface area contributed by atoms with Gasteiger partial charge in [-0.05, 0) is 28.1 Å². The number of fused-ring (bicyclic) bond motifs is 3. The van der Waals surface area contributed by atoms with Gasteiger partial charge in [0, 0.05) is 41.9 Å². The predicted molar refractivity (Wildman–Crippen MR) is 119 cm³/mol. The van der Waals surface area contributed by atoms with Gasteiger partial charge in [0.2, 0.25) is 0 Å². The summed E-state index contributed by atoms with van der Waals surface area (Å²) in [5.41, 5.74) is 12.3. The zero-order valence-corrected chi connectivity index (χ0v) is 17.7. The molecule has 148 valence electrons. The Balaban J connectivity index is 1.50. The number of nitrogens with zero attached hydrogens (tertiary/aromatic N) is 7. The van der Waals surface area contributed by atoms with Gasteiger partial charge in [-0.2, -0.15) is 14.7 Å². The van der Waals surface area contributed by atoms with Crippen molar-refractivity contribution >= 4 is 44.1 Å². The second-order valence-corrected chi connectivity index (χ2v) is 8.23. The van der Waals surface area contributed by atoms with E-state index < -0.39 is 0 Å². The smallest absolute Gasteiger partial charge is 0.167 e. The quantitative estimate of drug-likeness (QED) is 0.433. The van der Waals surface area contributed by atoms with Crippen LogP contribution in [0, 0.1) is 0 Å². The van der Waals surface area contributed by atoms with Crippen molar-refractivity contribution in [3.05, 3.63) is 64.7 Å². The van der Waals surface area contributed by atoms with Gasteiger partial charge in [-0.1, -0.05) is 18.2 Å². The highest BCUT2D eigenvalue weighted by Crippen LogP contribution is 2.37. The molecule has 0 radical (unpaired) electrons. The molecule has 0 amide bonds. The number of hydrogen-bond acceptors (Lipinski definition) is 6. The van der Waals surface area contributed by atoms with Crippen LogP contribution in [-0.2, 0) is 20.1 Å². The van der Waals surface area contributed by atoms with Crippen LogP contribution in [0.3, 0.4) is 0 Å². The summed E-state index contributed by atoms with van der Waals surface area (Å²) in [6, 6.07) is 10.2. The molecular weight excluding hydrogens is 444 g/mol. The van der Waals surface area contributed by atoms with Crippen LogP contribution in [-0.4, -0.2) is 29.4 Å². The molecule has 0 bridgehead atoms. The molecule has 0 saturated carbocycles. The lowest BCUT2D eigenvalue weighted by Crippen LogP contribution is -2.19. The molecule has 5 heterocycles. The van der Waals surface area contributed by atoms with E-state index in [9.17, 15) is 0 Å². The average molecular weight is 461 g/mol. The number of halogens is 1. The lowest BCUT2D eigenvalue weighted by Gasteiger charge is -2.20. The first kappa shape index (κ1) is 17.4. The van der Waals surface area contributed by atoms with Gasteiger partial charge in [-0.15, -0.1) is 0 Å². The van der Waals surface area contributed by atoms with E-state index in [-0.39, 0.29) is 0 Å². The Bertz CT molecular complexity index is 1450. The maximum atomic E-state index is 6.43. The van der Waals surface area contributed by atoms with Crippen molar-refractivity contribution in [2.24, 2.45) is 7.05 Å². The average Bonchev–Trinajstić information content (AvgIpc) is 3.46.